The Bertz CT molecular complexity index is 1220. The number of hydrogen-bond acceptors (Lipinski definition) is 9. The number of nitrogen functional groups attached to an aromatic ring is 1. The number of thiophene rings is 1. The molecule has 3 amide bonds. The summed E-state index contributed by atoms with van der Waals surface area (Å²) in [6, 6.07) is 9.82. The topological polar surface area (TPSA) is 150 Å². The molecule has 0 bridgehead atoms. The molecular weight excluding hydrogens is 514 g/mol. The van der Waals surface area contributed by atoms with Gasteiger partial charge >= 0.3 is 0 Å². The van der Waals surface area contributed by atoms with Gasteiger partial charge in [0.15, 0.2) is 5.69 Å². The van der Waals surface area contributed by atoms with Crippen molar-refractivity contribution in [2.75, 3.05) is 25.5 Å². The van der Waals surface area contributed by atoms with Gasteiger partial charge in [0.1, 0.15) is 16.7 Å². The first kappa shape index (κ1) is 26.6. The number of rotatable bonds is 11. The summed E-state index contributed by atoms with van der Waals surface area (Å²) in [5, 5.41) is 4.86. The average Bonchev–Trinajstić information content (AvgIpc) is 3.66. The van der Waals surface area contributed by atoms with Crippen LogP contribution in [-0.4, -0.2) is 52.9 Å². The molecule has 1 fully saturated rings. The van der Waals surface area contributed by atoms with Crippen LogP contribution in [0.25, 0.3) is 0 Å². The number of amides is 3. The van der Waals surface area contributed by atoms with Crippen molar-refractivity contribution in [3.63, 3.8) is 0 Å². The molecule has 37 heavy (non-hydrogen) atoms. The number of primary amides is 1. The number of nitrogens with zero attached hydrogens (tertiary/aromatic N) is 2. The molecule has 12 heteroatoms. The van der Waals surface area contributed by atoms with Gasteiger partial charge in [-0.3, -0.25) is 14.4 Å². The minimum Gasteiger partial charge on any atom is -0.494 e. The molecule has 0 unspecified atom stereocenters. The molecule has 0 saturated carbocycles. The molecule has 10 nitrogen and oxygen atoms in total. The van der Waals surface area contributed by atoms with Gasteiger partial charge in [0.2, 0.25) is 5.91 Å². The van der Waals surface area contributed by atoms with E-state index in [-0.39, 0.29) is 34.8 Å². The fourth-order valence-electron chi connectivity index (χ4n) is 4.11. The molecule has 0 spiro atoms. The lowest BCUT2D eigenvalue weighted by Crippen LogP contribution is -2.45. The van der Waals surface area contributed by atoms with Crippen LogP contribution in [-0.2, 0) is 16.1 Å². The molecule has 1 aromatic carbocycles. The summed E-state index contributed by atoms with van der Waals surface area (Å²) in [6.07, 6.45) is 1.74. The summed E-state index contributed by atoms with van der Waals surface area (Å²) in [7, 11) is 0. The van der Waals surface area contributed by atoms with E-state index in [1.54, 1.807) is 24.3 Å². The van der Waals surface area contributed by atoms with Gasteiger partial charge in [0.25, 0.3) is 11.8 Å². The number of anilines is 1. The van der Waals surface area contributed by atoms with Crippen LogP contribution < -0.4 is 21.5 Å². The van der Waals surface area contributed by atoms with Crippen LogP contribution in [0.3, 0.4) is 0 Å². The minimum atomic E-state index is -0.995. The zero-order valence-corrected chi connectivity index (χ0v) is 22.0. The van der Waals surface area contributed by atoms with Gasteiger partial charge in [-0.05, 0) is 60.4 Å². The fourth-order valence-corrected chi connectivity index (χ4v) is 5.58. The summed E-state index contributed by atoms with van der Waals surface area (Å²) >= 11 is 2.25. The highest BCUT2D eigenvalue weighted by atomic mass is 32.1. The SMILES string of the molecule is CCOc1ccc([C@H](C(=O)NC[C@@H]2CCCO2)N(Cc2cccs2)C(=O)c2snc(C(N)=O)c2N)cc1. The van der Waals surface area contributed by atoms with Crippen LogP contribution in [0, 0.1) is 0 Å². The Morgan fingerprint density at radius 3 is 2.65 bits per heavy atom. The first-order chi connectivity index (χ1) is 17.9. The first-order valence-corrected chi connectivity index (χ1v) is 13.5. The largest absolute Gasteiger partial charge is 0.494 e. The van der Waals surface area contributed by atoms with E-state index in [4.69, 9.17) is 20.9 Å². The van der Waals surface area contributed by atoms with Gasteiger partial charge in [-0.15, -0.1) is 11.3 Å². The quantitative estimate of drug-likeness (QED) is 0.336. The maximum atomic E-state index is 13.9. The fraction of sp³-hybridized carbons (Fsp3) is 0.360. The smallest absolute Gasteiger partial charge is 0.270 e. The lowest BCUT2D eigenvalue weighted by molar-refractivity contribution is -0.126. The van der Waals surface area contributed by atoms with E-state index in [2.05, 4.69) is 9.69 Å². The number of aromatic nitrogens is 1. The van der Waals surface area contributed by atoms with Crippen molar-refractivity contribution in [1.29, 1.82) is 0 Å². The molecule has 5 N–H and O–H groups in total. The molecule has 0 radical (unpaired) electrons. The normalized spacial score (nSPS) is 15.8. The van der Waals surface area contributed by atoms with Gasteiger partial charge in [0, 0.05) is 18.0 Å². The summed E-state index contributed by atoms with van der Waals surface area (Å²) in [6.45, 7) is 3.53. The van der Waals surface area contributed by atoms with Crippen LogP contribution in [0.1, 0.15) is 56.4 Å². The van der Waals surface area contributed by atoms with E-state index in [0.717, 1.165) is 29.3 Å². The number of nitrogens with one attached hydrogen (secondary N) is 1. The minimum absolute atomic E-state index is 0.0493. The van der Waals surface area contributed by atoms with Crippen LogP contribution in [0.15, 0.2) is 41.8 Å². The van der Waals surface area contributed by atoms with E-state index in [9.17, 15) is 14.4 Å². The molecule has 3 heterocycles. The predicted molar refractivity (Wildman–Crippen MR) is 142 cm³/mol. The lowest BCUT2D eigenvalue weighted by atomic mass is 10.0. The standard InChI is InChI=1S/C25H29N5O5S2/c1-2-34-16-9-7-15(8-10-16)21(24(32)28-13-17-5-3-11-35-17)30(14-18-6-4-12-36-18)25(33)22-19(26)20(23(27)31)29-37-22/h4,6-10,12,17,21H,2-3,5,11,13-14,26H2,1H3,(H2,27,31)(H,28,32)/t17-,21+/m0/s1. The Morgan fingerprint density at radius 1 is 1.27 bits per heavy atom. The molecule has 1 aliphatic rings. The van der Waals surface area contributed by atoms with Gasteiger partial charge in [-0.25, -0.2) is 0 Å². The van der Waals surface area contributed by atoms with Crippen LogP contribution in [0.2, 0.25) is 0 Å². The number of carbonyl (C=O) groups is 3. The van der Waals surface area contributed by atoms with Crippen LogP contribution >= 0.6 is 22.9 Å². The van der Waals surface area contributed by atoms with Crippen molar-refractivity contribution in [3.8, 4) is 5.75 Å². The van der Waals surface area contributed by atoms with E-state index in [0.29, 0.717) is 31.1 Å². The summed E-state index contributed by atoms with van der Waals surface area (Å²) in [5.74, 6) is -1.06. The van der Waals surface area contributed by atoms with Gasteiger partial charge < -0.3 is 31.2 Å². The summed E-state index contributed by atoms with van der Waals surface area (Å²) < 4.78 is 15.2. The molecule has 1 saturated heterocycles. The second-order valence-corrected chi connectivity index (χ2v) is 10.2. The van der Waals surface area contributed by atoms with Gasteiger partial charge in [0.05, 0.1) is 24.9 Å². The summed E-state index contributed by atoms with van der Waals surface area (Å²) in [5.41, 5.74) is 11.8. The number of ether oxygens (including phenoxy) is 2. The van der Waals surface area contributed by atoms with Crippen molar-refractivity contribution < 1.29 is 23.9 Å². The highest BCUT2D eigenvalue weighted by molar-refractivity contribution is 7.10. The molecule has 0 aliphatic carbocycles. The molecular formula is C25H29N5O5S2. The monoisotopic (exact) mass is 543 g/mol. The second kappa shape index (κ2) is 12.2. The molecule has 2 atom stereocenters. The van der Waals surface area contributed by atoms with Crippen molar-refractivity contribution in [2.24, 2.45) is 5.73 Å². The van der Waals surface area contributed by atoms with E-state index >= 15 is 0 Å². The Kier molecular flexibility index (Phi) is 8.74. The zero-order valence-electron chi connectivity index (χ0n) is 20.3. The molecule has 3 aromatic rings. The Balaban J connectivity index is 1.72. The van der Waals surface area contributed by atoms with Crippen molar-refractivity contribution >= 4 is 46.3 Å². The van der Waals surface area contributed by atoms with Gasteiger partial charge in [-0.1, -0.05) is 18.2 Å². The third kappa shape index (κ3) is 6.27. The van der Waals surface area contributed by atoms with E-state index in [1.807, 2.05) is 24.4 Å². The Hall–Kier alpha value is -3.48. The highest BCUT2D eigenvalue weighted by Gasteiger charge is 2.35. The molecule has 196 valence electrons. The lowest BCUT2D eigenvalue weighted by Gasteiger charge is -2.31. The average molecular weight is 544 g/mol. The third-order valence-electron chi connectivity index (χ3n) is 5.92. The number of nitrogens with two attached hydrogens (primary N) is 2. The van der Waals surface area contributed by atoms with Crippen molar-refractivity contribution in [1.82, 2.24) is 14.6 Å². The maximum Gasteiger partial charge on any atom is 0.270 e. The summed E-state index contributed by atoms with van der Waals surface area (Å²) in [4.78, 5) is 41.7. The first-order valence-electron chi connectivity index (χ1n) is 11.9. The molecule has 1 aliphatic heterocycles. The van der Waals surface area contributed by atoms with E-state index in [1.165, 1.54) is 16.2 Å². The second-order valence-electron chi connectivity index (χ2n) is 8.44. The predicted octanol–water partition coefficient (Wildman–Crippen LogP) is 2.96. The van der Waals surface area contributed by atoms with Crippen LogP contribution in [0.4, 0.5) is 5.69 Å². The molecule has 2 aromatic heterocycles. The van der Waals surface area contributed by atoms with Crippen LogP contribution in [0.5, 0.6) is 5.75 Å². The Labute approximate surface area is 222 Å². The number of carbonyl (C=O) groups excluding carboxylic acids is 3. The molecule has 4 rings (SSSR count). The van der Waals surface area contributed by atoms with Crippen molar-refractivity contribution in [3.05, 3.63) is 62.8 Å². The number of hydrogen-bond donors (Lipinski definition) is 3. The third-order valence-corrected chi connectivity index (χ3v) is 7.63. The highest BCUT2D eigenvalue weighted by Crippen LogP contribution is 2.32. The van der Waals surface area contributed by atoms with Gasteiger partial charge in [-0.2, -0.15) is 4.37 Å². The zero-order chi connectivity index (χ0) is 26.4. The Morgan fingerprint density at radius 2 is 2.05 bits per heavy atom. The van der Waals surface area contributed by atoms with E-state index < -0.39 is 17.9 Å². The maximum absolute atomic E-state index is 13.9. The van der Waals surface area contributed by atoms with Crippen molar-refractivity contribution in [2.45, 2.75) is 38.5 Å². The number of benzene rings is 1.